The fraction of sp³-hybridized carbons (Fsp3) is 0.417. The van der Waals surface area contributed by atoms with Gasteiger partial charge in [-0.25, -0.2) is 5.26 Å². The molecule has 5 nitrogen and oxygen atoms in total. The van der Waals surface area contributed by atoms with Crippen molar-refractivity contribution in [1.29, 1.82) is 0 Å². The zero-order chi connectivity index (χ0) is 12.8. The molecule has 0 fully saturated rings. The van der Waals surface area contributed by atoms with Crippen LogP contribution in [0.3, 0.4) is 0 Å². The lowest BCUT2D eigenvalue weighted by Gasteiger charge is -2.10. The number of benzene rings is 1. The molecule has 0 heterocycles. The summed E-state index contributed by atoms with van der Waals surface area (Å²) >= 11 is 0. The van der Waals surface area contributed by atoms with E-state index in [0.717, 1.165) is 0 Å². The second-order valence-corrected chi connectivity index (χ2v) is 3.64. The highest BCUT2D eigenvalue weighted by Crippen LogP contribution is 2.25. The first-order valence-electron chi connectivity index (χ1n) is 5.33. The molecule has 0 aliphatic heterocycles. The number of ether oxygens (including phenoxy) is 1. The number of Topliss-reactive ketones (excluding diaryl/α,β-unsaturated/α-hetero) is 1. The second kappa shape index (κ2) is 6.22. The summed E-state index contributed by atoms with van der Waals surface area (Å²) in [6, 6.07) is 4.38. The molecule has 0 amide bonds. The number of carbonyl (C=O) groups excluding carboxylic acids is 1. The van der Waals surface area contributed by atoms with Gasteiger partial charge in [0.15, 0.2) is 11.5 Å². The Hall–Kier alpha value is -1.59. The summed E-state index contributed by atoms with van der Waals surface area (Å²) in [5.41, 5.74) is 0.284. The molecule has 17 heavy (non-hydrogen) atoms. The van der Waals surface area contributed by atoms with Gasteiger partial charge in [-0.15, -0.1) is 0 Å². The summed E-state index contributed by atoms with van der Waals surface area (Å²) in [5.74, 6) is 0.286. The lowest BCUT2D eigenvalue weighted by Crippen LogP contribution is -2.13. The first-order valence-corrected chi connectivity index (χ1v) is 5.33. The minimum absolute atomic E-state index is 0.0156. The van der Waals surface area contributed by atoms with Crippen LogP contribution in [0.25, 0.3) is 0 Å². The molecule has 0 saturated carbocycles. The van der Waals surface area contributed by atoms with E-state index in [2.05, 4.69) is 4.89 Å². The molecule has 2 N–H and O–H groups in total. The first kappa shape index (κ1) is 13.5. The van der Waals surface area contributed by atoms with Gasteiger partial charge in [-0.05, 0) is 24.6 Å². The summed E-state index contributed by atoms with van der Waals surface area (Å²) in [4.78, 5) is 16.0. The molecule has 0 radical (unpaired) electrons. The topological polar surface area (TPSA) is 76.0 Å². The van der Waals surface area contributed by atoms with Gasteiger partial charge in [0.25, 0.3) is 0 Å². The molecule has 0 aliphatic carbocycles. The molecule has 0 aliphatic rings. The van der Waals surface area contributed by atoms with Crippen LogP contribution in [-0.2, 0) is 0 Å². The number of ketones is 1. The van der Waals surface area contributed by atoms with E-state index in [1.165, 1.54) is 25.3 Å². The van der Waals surface area contributed by atoms with E-state index < -0.39 is 6.10 Å². The highest BCUT2D eigenvalue weighted by atomic mass is 17.1. The second-order valence-electron chi connectivity index (χ2n) is 3.64. The Bertz CT molecular complexity index is 388. The largest absolute Gasteiger partial charge is 0.496 e. The molecule has 0 saturated heterocycles. The zero-order valence-electron chi connectivity index (χ0n) is 9.84. The smallest absolute Gasteiger partial charge is 0.169 e. The van der Waals surface area contributed by atoms with E-state index in [-0.39, 0.29) is 23.5 Å². The van der Waals surface area contributed by atoms with Crippen molar-refractivity contribution < 1.29 is 24.8 Å². The van der Waals surface area contributed by atoms with Gasteiger partial charge in [0.2, 0.25) is 0 Å². The van der Waals surface area contributed by atoms with Crippen LogP contribution in [0.4, 0.5) is 0 Å². The fourth-order valence-corrected chi connectivity index (χ4v) is 1.43. The van der Waals surface area contributed by atoms with Gasteiger partial charge in [-0.3, -0.25) is 4.79 Å². The van der Waals surface area contributed by atoms with Crippen molar-refractivity contribution in [2.45, 2.75) is 25.9 Å². The summed E-state index contributed by atoms with van der Waals surface area (Å²) < 4.78 is 5.04. The summed E-state index contributed by atoms with van der Waals surface area (Å²) in [6.07, 6.45) is -0.155. The molecule has 0 aromatic heterocycles. The Balaban J connectivity index is 2.97. The van der Waals surface area contributed by atoms with Crippen LogP contribution in [0.1, 0.15) is 30.1 Å². The average Bonchev–Trinajstić information content (AvgIpc) is 2.37. The van der Waals surface area contributed by atoms with Crippen molar-refractivity contribution in [3.63, 3.8) is 0 Å². The molecule has 5 heteroatoms. The van der Waals surface area contributed by atoms with Gasteiger partial charge >= 0.3 is 0 Å². The van der Waals surface area contributed by atoms with E-state index >= 15 is 0 Å². The number of hydrogen-bond acceptors (Lipinski definition) is 5. The maximum atomic E-state index is 11.9. The third kappa shape index (κ3) is 3.44. The van der Waals surface area contributed by atoms with E-state index in [9.17, 15) is 9.90 Å². The minimum atomic E-state index is -0.675. The van der Waals surface area contributed by atoms with Crippen LogP contribution in [0, 0.1) is 0 Å². The van der Waals surface area contributed by atoms with Gasteiger partial charge in [-0.1, -0.05) is 6.92 Å². The molecule has 1 aromatic carbocycles. The number of aliphatic hydroxyl groups excluding tert-OH is 1. The highest BCUT2D eigenvalue weighted by Gasteiger charge is 2.16. The fourth-order valence-electron chi connectivity index (χ4n) is 1.43. The Morgan fingerprint density at radius 3 is 2.71 bits per heavy atom. The van der Waals surface area contributed by atoms with Crippen LogP contribution < -0.4 is 9.62 Å². The summed E-state index contributed by atoms with van der Waals surface area (Å²) in [5, 5.41) is 18.0. The lowest BCUT2D eigenvalue weighted by molar-refractivity contribution is -0.137. The SMILES string of the molecule is CCC(O)CC(=O)c1cc(OO)ccc1OC. The van der Waals surface area contributed by atoms with Gasteiger partial charge in [0, 0.05) is 6.42 Å². The molecule has 0 bridgehead atoms. The van der Waals surface area contributed by atoms with Crippen LogP contribution in [0.2, 0.25) is 0 Å². The predicted molar refractivity (Wildman–Crippen MR) is 61.5 cm³/mol. The maximum Gasteiger partial charge on any atom is 0.169 e. The Morgan fingerprint density at radius 2 is 2.18 bits per heavy atom. The standard InChI is InChI=1S/C12H16O5/c1-3-8(13)6-11(14)10-7-9(17-15)4-5-12(10)16-2/h4-5,7-8,13,15H,3,6H2,1-2H3. The molecular weight excluding hydrogens is 224 g/mol. The van der Waals surface area contributed by atoms with Gasteiger partial charge in [0.05, 0.1) is 18.8 Å². The third-order valence-electron chi connectivity index (χ3n) is 2.47. The van der Waals surface area contributed by atoms with Gasteiger partial charge < -0.3 is 14.7 Å². The first-order chi connectivity index (χ1) is 8.12. The van der Waals surface area contributed by atoms with E-state index in [4.69, 9.17) is 9.99 Å². The number of rotatable bonds is 6. The Kier molecular flexibility index (Phi) is 4.93. The number of aliphatic hydroxyl groups is 1. The molecule has 1 unspecified atom stereocenters. The number of methoxy groups -OCH3 is 1. The van der Waals surface area contributed by atoms with E-state index in [0.29, 0.717) is 12.2 Å². The quantitative estimate of drug-likeness (QED) is 0.451. The molecule has 94 valence electrons. The lowest BCUT2D eigenvalue weighted by atomic mass is 10.0. The van der Waals surface area contributed by atoms with E-state index in [1.807, 2.05) is 0 Å². The minimum Gasteiger partial charge on any atom is -0.496 e. The molecular formula is C12H16O5. The van der Waals surface area contributed by atoms with Crippen LogP contribution in [0.15, 0.2) is 18.2 Å². The van der Waals surface area contributed by atoms with Crippen molar-refractivity contribution in [3.8, 4) is 11.5 Å². The number of hydrogen-bond donors (Lipinski definition) is 2. The Morgan fingerprint density at radius 1 is 1.47 bits per heavy atom. The number of carbonyl (C=O) groups is 1. The van der Waals surface area contributed by atoms with Crippen molar-refractivity contribution in [1.82, 2.24) is 0 Å². The molecule has 1 atom stereocenters. The average molecular weight is 240 g/mol. The third-order valence-corrected chi connectivity index (χ3v) is 2.47. The maximum absolute atomic E-state index is 11.9. The molecule has 1 aromatic rings. The van der Waals surface area contributed by atoms with Crippen LogP contribution >= 0.6 is 0 Å². The van der Waals surface area contributed by atoms with Crippen molar-refractivity contribution in [3.05, 3.63) is 23.8 Å². The summed E-state index contributed by atoms with van der Waals surface area (Å²) in [7, 11) is 1.45. The zero-order valence-corrected chi connectivity index (χ0v) is 9.84. The normalized spacial score (nSPS) is 12.0. The molecule has 1 rings (SSSR count). The van der Waals surface area contributed by atoms with Crippen molar-refractivity contribution in [2.75, 3.05) is 7.11 Å². The van der Waals surface area contributed by atoms with Crippen LogP contribution in [-0.4, -0.2) is 29.4 Å². The van der Waals surface area contributed by atoms with Crippen molar-refractivity contribution >= 4 is 5.78 Å². The highest BCUT2D eigenvalue weighted by molar-refractivity contribution is 5.99. The Labute approximate surface area is 99.5 Å². The predicted octanol–water partition coefficient (Wildman–Crippen LogP) is 1.89. The van der Waals surface area contributed by atoms with Gasteiger partial charge in [0.1, 0.15) is 5.75 Å². The van der Waals surface area contributed by atoms with Crippen molar-refractivity contribution in [2.24, 2.45) is 0 Å². The monoisotopic (exact) mass is 240 g/mol. The molecule has 0 spiro atoms. The summed E-state index contributed by atoms with van der Waals surface area (Å²) in [6.45, 7) is 1.79. The van der Waals surface area contributed by atoms with E-state index in [1.54, 1.807) is 6.92 Å². The van der Waals surface area contributed by atoms with Crippen LogP contribution in [0.5, 0.6) is 11.5 Å². The van der Waals surface area contributed by atoms with Gasteiger partial charge in [-0.2, -0.15) is 0 Å².